The van der Waals surface area contributed by atoms with Crippen molar-refractivity contribution >= 4 is 46.4 Å². The van der Waals surface area contributed by atoms with Gasteiger partial charge < -0.3 is 126 Å². The van der Waals surface area contributed by atoms with Crippen molar-refractivity contribution < 1.29 is 124 Å². The molecule has 0 aliphatic carbocycles. The summed E-state index contributed by atoms with van der Waals surface area (Å²) in [6.07, 6.45) is 7.20. The lowest BCUT2D eigenvalue weighted by Gasteiger charge is -2.34. The van der Waals surface area contributed by atoms with Gasteiger partial charge in [-0.3, -0.25) is 24.2 Å². The van der Waals surface area contributed by atoms with Gasteiger partial charge in [-0.15, -0.1) is 15.3 Å². The average Bonchev–Trinajstić information content (AvgIpc) is 1.01. The predicted molar refractivity (Wildman–Crippen MR) is 435 cm³/mol. The fraction of sp³-hybridized carbons (Fsp3) is 0.718. The SMILES string of the molecule is CCOCCOCCOCCOCCn1cc(COCC(COCc2cn(CCOCCOCCOCCOCC)nn2)(COCc2cn(CCOCCOCCOCCOCC)nn2)NC(=O)CCOCCOCCOCCOCCOCCOCCCC(=O)CC[C@H](NC(=O)c2ccc(NCc3cnc4nc(N)[nH]c(=O)c4n3)cc2)C(=O)O)nn1. The van der Waals surface area contributed by atoms with Crippen molar-refractivity contribution in [3.63, 3.8) is 0 Å². The summed E-state index contributed by atoms with van der Waals surface area (Å²) in [5, 5.41) is 44.3. The number of carbonyl (C=O) groups excluding carboxylic acids is 3. The number of carboxylic acids is 1. The number of anilines is 2. The first kappa shape index (κ1) is 102. The second-order valence-electron chi connectivity index (χ2n) is 26.7. The van der Waals surface area contributed by atoms with Gasteiger partial charge in [0.1, 0.15) is 34.4 Å². The van der Waals surface area contributed by atoms with Gasteiger partial charge in [0.25, 0.3) is 11.5 Å². The Hall–Kier alpha value is -8.30. The number of aromatic amines is 1. The van der Waals surface area contributed by atoms with Crippen molar-refractivity contribution in [2.45, 2.75) is 110 Å². The third-order valence-corrected chi connectivity index (χ3v) is 16.9. The minimum absolute atomic E-state index is 0.0261. The number of nitrogens with two attached hydrogens (primary N) is 1. The molecule has 44 heteroatoms. The third-order valence-electron chi connectivity index (χ3n) is 16.9. The number of aromatic nitrogens is 13. The van der Waals surface area contributed by atoms with Gasteiger partial charge in [0.2, 0.25) is 11.9 Å². The molecule has 0 fully saturated rings. The number of carboxylic acid groups (broad SMARTS) is 1. The number of benzene rings is 1. The fourth-order valence-electron chi connectivity index (χ4n) is 10.7. The zero-order valence-electron chi connectivity index (χ0n) is 70.8. The summed E-state index contributed by atoms with van der Waals surface area (Å²) < 4.78 is 124. The number of hydrogen-bond acceptors (Lipinski definition) is 37. The van der Waals surface area contributed by atoms with Gasteiger partial charge in [-0.2, -0.15) is 4.98 Å². The Morgan fingerprint density at radius 1 is 0.451 bits per heavy atom. The van der Waals surface area contributed by atoms with Crippen LogP contribution in [0.15, 0.2) is 53.8 Å². The van der Waals surface area contributed by atoms with Crippen LogP contribution in [0.3, 0.4) is 0 Å². The molecule has 6 aromatic rings. The van der Waals surface area contributed by atoms with Crippen LogP contribution in [0, 0.1) is 0 Å². The Morgan fingerprint density at radius 2 is 0.820 bits per heavy atom. The Bertz CT molecular complexity index is 3560. The molecule has 0 saturated heterocycles. The maximum Gasteiger partial charge on any atom is 0.326 e. The van der Waals surface area contributed by atoms with Crippen LogP contribution < -0.4 is 27.2 Å². The van der Waals surface area contributed by atoms with Gasteiger partial charge in [0, 0.05) is 56.9 Å². The summed E-state index contributed by atoms with van der Waals surface area (Å²) in [7, 11) is 0. The van der Waals surface area contributed by atoms with Gasteiger partial charge in [0.05, 0.1) is 308 Å². The summed E-state index contributed by atoms with van der Waals surface area (Å²) in [4.78, 5) is 78.6. The number of H-pyrrole nitrogens is 1. The second kappa shape index (κ2) is 67.2. The van der Waals surface area contributed by atoms with Gasteiger partial charge >= 0.3 is 5.97 Å². The van der Waals surface area contributed by atoms with Crippen LogP contribution in [0.1, 0.15) is 86.0 Å². The van der Waals surface area contributed by atoms with E-state index in [1.54, 1.807) is 44.8 Å². The van der Waals surface area contributed by atoms with Gasteiger partial charge in [-0.1, -0.05) is 15.6 Å². The molecule has 122 heavy (non-hydrogen) atoms. The first-order chi connectivity index (χ1) is 59.8. The zero-order valence-corrected chi connectivity index (χ0v) is 70.8. The van der Waals surface area contributed by atoms with E-state index in [-0.39, 0.29) is 126 Å². The highest BCUT2D eigenvalue weighted by Gasteiger charge is 2.35. The molecule has 1 aromatic carbocycles. The Balaban J connectivity index is 0.859. The van der Waals surface area contributed by atoms with E-state index >= 15 is 0 Å². The summed E-state index contributed by atoms with van der Waals surface area (Å²) in [5.74, 6) is -2.46. The number of nitrogens with zero attached hydrogens (tertiary/aromatic N) is 12. The number of Topliss-reactive ketones (excluding diaryl/α,β-unsaturated/α-hetero) is 1. The first-order valence-electron chi connectivity index (χ1n) is 41.3. The molecule has 1 atom stereocenters. The van der Waals surface area contributed by atoms with E-state index in [4.69, 9.17) is 105 Å². The molecule has 6 rings (SSSR count). The van der Waals surface area contributed by atoms with E-state index in [9.17, 15) is 29.1 Å². The summed E-state index contributed by atoms with van der Waals surface area (Å²) >= 11 is 0. The number of ether oxygens (including phenoxy) is 21. The van der Waals surface area contributed by atoms with Crippen LogP contribution in [-0.2, 0) is 160 Å². The molecule has 686 valence electrons. The van der Waals surface area contributed by atoms with Crippen molar-refractivity contribution in [2.75, 3.05) is 269 Å². The van der Waals surface area contributed by atoms with Crippen molar-refractivity contribution in [1.29, 1.82) is 0 Å². The van der Waals surface area contributed by atoms with Crippen LogP contribution in [0.5, 0.6) is 0 Å². The van der Waals surface area contributed by atoms with E-state index in [0.29, 0.717) is 273 Å². The fourth-order valence-corrected chi connectivity index (χ4v) is 10.7. The number of hydrogen-bond donors (Lipinski definition) is 6. The van der Waals surface area contributed by atoms with E-state index in [2.05, 4.69) is 66.8 Å². The molecule has 44 nitrogen and oxygen atoms in total. The summed E-state index contributed by atoms with van der Waals surface area (Å²) in [5.41, 5.74) is 6.84. The monoisotopic (exact) mass is 1730 g/mol. The molecular formula is C78H127N17O27. The zero-order chi connectivity index (χ0) is 86.7. The van der Waals surface area contributed by atoms with Crippen LogP contribution in [-0.4, -0.2) is 363 Å². The number of nitrogens with one attached hydrogen (secondary N) is 4. The van der Waals surface area contributed by atoms with Crippen LogP contribution >= 0.6 is 0 Å². The standard InChI is InChI=1S/C78H127N17O27/c1-4-102-24-27-110-40-43-115-37-32-107-21-16-93-54-66(87-90-93)57-120-60-78(61-121-58-67-55-94(91-88-67)17-22-108-33-38-116-44-41-111-28-25-103-5-2,62-122-59-68-56-95(92-89-68)18-23-109-34-39-117-45-42-112-29-26-104-6-3)86-71(97)15-20-106-31-36-114-47-49-119-51-50-118-48-46-113-35-30-105-19-7-8-69(96)13-14-70(76(100)101)83-74(98)63-9-11-64(12-10-63)80-52-65-53-81-73-72(82-65)75(99)85-77(79)84-73/h9-12,53-56,70,80H,4-8,13-52,57-62H2,1-3H3,(H,83,98)(H,86,97)(H,100,101)(H3,79,81,84,85,99)/t70-/m0/s1. The van der Waals surface area contributed by atoms with Crippen molar-refractivity contribution in [1.82, 2.24) is 75.6 Å². The normalized spacial score (nSPS) is 12.0. The number of amides is 2. The molecule has 0 radical (unpaired) electrons. The summed E-state index contributed by atoms with van der Waals surface area (Å²) in [6, 6.07) is 5.04. The molecule has 2 amide bonds. The number of aliphatic carboxylic acids is 1. The highest BCUT2D eigenvalue weighted by atomic mass is 16.6. The molecule has 0 saturated carbocycles. The van der Waals surface area contributed by atoms with Crippen molar-refractivity contribution in [2.24, 2.45) is 0 Å². The van der Waals surface area contributed by atoms with E-state index in [1.165, 1.54) is 18.3 Å². The Morgan fingerprint density at radius 3 is 1.20 bits per heavy atom. The first-order valence-corrected chi connectivity index (χ1v) is 41.3. The molecular weight excluding hydrogens is 1610 g/mol. The number of rotatable bonds is 83. The average molecular weight is 1730 g/mol. The summed E-state index contributed by atoms with van der Waals surface area (Å²) in [6.45, 7) is 22.0. The Kier molecular flexibility index (Phi) is 56.4. The number of nitrogen functional groups attached to an aromatic ring is 1. The van der Waals surface area contributed by atoms with E-state index in [1.807, 2.05) is 20.8 Å². The largest absolute Gasteiger partial charge is 0.480 e. The van der Waals surface area contributed by atoms with Gasteiger partial charge in [-0.25, -0.2) is 28.8 Å². The number of fused-ring (bicyclic) bond motifs is 1. The van der Waals surface area contributed by atoms with Crippen LogP contribution in [0.25, 0.3) is 11.2 Å². The van der Waals surface area contributed by atoms with Crippen LogP contribution in [0.2, 0.25) is 0 Å². The van der Waals surface area contributed by atoms with E-state index < -0.39 is 29.0 Å². The topological polar surface area (TPSA) is 508 Å². The highest BCUT2D eigenvalue weighted by Crippen LogP contribution is 2.17. The van der Waals surface area contributed by atoms with Crippen LogP contribution in [0.4, 0.5) is 11.6 Å². The number of carbonyl (C=O) groups is 4. The molecule has 0 bridgehead atoms. The predicted octanol–water partition coefficient (Wildman–Crippen LogP) is 1.25. The quantitative estimate of drug-likeness (QED) is 0.0293. The molecule has 7 N–H and O–H groups in total. The highest BCUT2D eigenvalue weighted by molar-refractivity contribution is 5.97. The molecule has 0 aliphatic heterocycles. The lowest BCUT2D eigenvalue weighted by molar-refractivity contribution is -0.139. The molecule has 0 spiro atoms. The number of ketones is 1. The van der Waals surface area contributed by atoms with E-state index in [0.717, 1.165) is 0 Å². The molecule has 5 aromatic heterocycles. The maximum atomic E-state index is 14.1. The molecule has 0 unspecified atom stereocenters. The molecule has 0 aliphatic rings. The lowest BCUT2D eigenvalue weighted by Crippen LogP contribution is -2.58. The van der Waals surface area contributed by atoms with Crippen molar-refractivity contribution in [3.05, 3.63) is 87.7 Å². The van der Waals surface area contributed by atoms with Gasteiger partial charge in [-0.05, 0) is 57.9 Å². The van der Waals surface area contributed by atoms with Crippen molar-refractivity contribution in [3.8, 4) is 0 Å². The van der Waals surface area contributed by atoms with Gasteiger partial charge in [0.15, 0.2) is 11.2 Å². The maximum absolute atomic E-state index is 14.1. The smallest absolute Gasteiger partial charge is 0.326 e. The second-order valence-corrected chi connectivity index (χ2v) is 26.7. The minimum Gasteiger partial charge on any atom is -0.480 e. The molecule has 5 heterocycles. The Labute approximate surface area is 709 Å². The minimum atomic E-state index is -1.29. The third kappa shape index (κ3) is 48.7. The lowest BCUT2D eigenvalue weighted by atomic mass is 10.0.